The molecule has 0 amide bonds. The number of hydrogen-bond donors (Lipinski definition) is 0. The Bertz CT molecular complexity index is 161. The SMILES string of the molecule is [CH2]C=CC=CCCCCC=CCC. The number of unbranched alkanes of at least 4 members (excludes halogenated alkanes) is 3. The first-order valence-corrected chi connectivity index (χ1v) is 5.17. The van der Waals surface area contributed by atoms with Crippen LogP contribution >= 0.6 is 0 Å². The molecule has 0 aliphatic carbocycles. The van der Waals surface area contributed by atoms with E-state index >= 15 is 0 Å². The minimum atomic E-state index is 1.16. The lowest BCUT2D eigenvalue weighted by molar-refractivity contribution is 0.761. The van der Waals surface area contributed by atoms with Gasteiger partial charge in [0.15, 0.2) is 0 Å². The van der Waals surface area contributed by atoms with Crippen molar-refractivity contribution in [3.8, 4) is 0 Å². The van der Waals surface area contributed by atoms with Gasteiger partial charge in [-0.05, 0) is 39.0 Å². The Morgan fingerprint density at radius 2 is 1.62 bits per heavy atom. The Balaban J connectivity index is 3.12. The summed E-state index contributed by atoms with van der Waals surface area (Å²) >= 11 is 0. The van der Waals surface area contributed by atoms with E-state index in [2.05, 4.69) is 38.2 Å². The molecule has 0 heteroatoms. The van der Waals surface area contributed by atoms with Crippen LogP contribution in [0.4, 0.5) is 0 Å². The maximum atomic E-state index is 3.61. The molecule has 0 aliphatic rings. The fourth-order valence-corrected chi connectivity index (χ4v) is 1.06. The van der Waals surface area contributed by atoms with Gasteiger partial charge in [0.05, 0.1) is 0 Å². The van der Waals surface area contributed by atoms with Crippen LogP contribution in [0, 0.1) is 6.92 Å². The molecule has 0 aliphatic heterocycles. The van der Waals surface area contributed by atoms with Crippen LogP contribution in [0.5, 0.6) is 0 Å². The predicted molar refractivity (Wildman–Crippen MR) is 61.5 cm³/mol. The van der Waals surface area contributed by atoms with Crippen LogP contribution in [0.1, 0.15) is 39.0 Å². The summed E-state index contributed by atoms with van der Waals surface area (Å²) in [6.07, 6.45) is 18.7. The van der Waals surface area contributed by atoms with Gasteiger partial charge in [-0.1, -0.05) is 43.4 Å². The molecule has 0 atom stereocenters. The van der Waals surface area contributed by atoms with E-state index in [9.17, 15) is 0 Å². The van der Waals surface area contributed by atoms with E-state index in [1.54, 1.807) is 6.08 Å². The van der Waals surface area contributed by atoms with E-state index < -0.39 is 0 Å². The normalized spacial score (nSPS) is 12.5. The van der Waals surface area contributed by atoms with Crippen molar-refractivity contribution in [1.82, 2.24) is 0 Å². The largest absolute Gasteiger partial charge is 0.0888 e. The maximum absolute atomic E-state index is 3.61. The summed E-state index contributed by atoms with van der Waals surface area (Å²) in [6, 6.07) is 0. The van der Waals surface area contributed by atoms with Gasteiger partial charge in [0.25, 0.3) is 0 Å². The van der Waals surface area contributed by atoms with Crippen LogP contribution < -0.4 is 0 Å². The Labute approximate surface area is 83.0 Å². The van der Waals surface area contributed by atoms with Crippen molar-refractivity contribution in [1.29, 1.82) is 0 Å². The smallest absolute Gasteiger partial charge is 0.0313 e. The zero-order valence-corrected chi connectivity index (χ0v) is 8.71. The number of rotatable bonds is 7. The summed E-state index contributed by atoms with van der Waals surface area (Å²) in [5.74, 6) is 0. The molecule has 0 rings (SSSR count). The lowest BCUT2D eigenvalue weighted by atomic mass is 10.2. The number of allylic oxidation sites excluding steroid dienone is 6. The third-order valence-corrected chi connectivity index (χ3v) is 1.78. The van der Waals surface area contributed by atoms with Crippen LogP contribution in [0.2, 0.25) is 0 Å². The Morgan fingerprint density at radius 1 is 0.923 bits per heavy atom. The highest BCUT2D eigenvalue weighted by Crippen LogP contribution is 2.01. The standard InChI is InChI=1S/C13H21/c1-3-5-7-9-11-13-12-10-8-6-4-2/h3,5-9H,1,4,10-13H2,2H3. The van der Waals surface area contributed by atoms with E-state index in [-0.39, 0.29) is 0 Å². The van der Waals surface area contributed by atoms with Gasteiger partial charge in [0.2, 0.25) is 0 Å². The van der Waals surface area contributed by atoms with Crippen molar-refractivity contribution in [3.63, 3.8) is 0 Å². The quantitative estimate of drug-likeness (QED) is 0.306. The van der Waals surface area contributed by atoms with Gasteiger partial charge in [-0.25, -0.2) is 0 Å². The van der Waals surface area contributed by atoms with Crippen molar-refractivity contribution in [3.05, 3.63) is 43.4 Å². The second-order valence-corrected chi connectivity index (χ2v) is 3.02. The highest BCUT2D eigenvalue weighted by Gasteiger charge is 1.82. The topological polar surface area (TPSA) is 0 Å². The van der Waals surface area contributed by atoms with Gasteiger partial charge >= 0.3 is 0 Å². The zero-order chi connectivity index (χ0) is 9.78. The average Bonchev–Trinajstić information content (AvgIpc) is 2.16. The lowest BCUT2D eigenvalue weighted by Gasteiger charge is -1.91. The minimum absolute atomic E-state index is 1.16. The van der Waals surface area contributed by atoms with E-state index in [0.717, 1.165) is 6.42 Å². The first-order chi connectivity index (χ1) is 6.41. The number of hydrogen-bond acceptors (Lipinski definition) is 0. The highest BCUT2D eigenvalue weighted by molar-refractivity contribution is 5.03. The maximum Gasteiger partial charge on any atom is -0.0313 e. The molecule has 0 bridgehead atoms. The molecule has 0 saturated heterocycles. The first kappa shape index (κ1) is 12.2. The monoisotopic (exact) mass is 177 g/mol. The van der Waals surface area contributed by atoms with Gasteiger partial charge in [-0.3, -0.25) is 0 Å². The molecular weight excluding hydrogens is 156 g/mol. The molecule has 0 unspecified atom stereocenters. The first-order valence-electron chi connectivity index (χ1n) is 5.17. The van der Waals surface area contributed by atoms with Crippen molar-refractivity contribution in [2.75, 3.05) is 0 Å². The van der Waals surface area contributed by atoms with Crippen molar-refractivity contribution >= 4 is 0 Å². The third kappa shape index (κ3) is 11.2. The van der Waals surface area contributed by atoms with Gasteiger partial charge in [-0.2, -0.15) is 0 Å². The van der Waals surface area contributed by atoms with Crippen molar-refractivity contribution in [2.45, 2.75) is 39.0 Å². The molecule has 0 spiro atoms. The van der Waals surface area contributed by atoms with E-state index in [0.29, 0.717) is 0 Å². The summed E-state index contributed by atoms with van der Waals surface area (Å²) in [5, 5.41) is 0. The molecule has 0 nitrogen and oxygen atoms in total. The highest BCUT2D eigenvalue weighted by atomic mass is 13.9. The summed E-state index contributed by atoms with van der Waals surface area (Å²) < 4.78 is 0. The van der Waals surface area contributed by atoms with Crippen LogP contribution in [-0.4, -0.2) is 0 Å². The fraction of sp³-hybridized carbons (Fsp3) is 0.462. The Morgan fingerprint density at radius 3 is 2.23 bits per heavy atom. The van der Waals surface area contributed by atoms with Crippen molar-refractivity contribution in [2.24, 2.45) is 0 Å². The molecule has 0 saturated carbocycles. The Hall–Kier alpha value is -0.780. The molecule has 0 fully saturated rings. The molecule has 0 heterocycles. The van der Waals surface area contributed by atoms with Gasteiger partial charge in [0, 0.05) is 0 Å². The van der Waals surface area contributed by atoms with Crippen LogP contribution in [0.25, 0.3) is 0 Å². The molecule has 1 radical (unpaired) electrons. The predicted octanol–water partition coefficient (Wildman–Crippen LogP) is 4.46. The van der Waals surface area contributed by atoms with E-state index in [1.165, 1.54) is 25.7 Å². The van der Waals surface area contributed by atoms with E-state index in [1.807, 2.05) is 6.08 Å². The molecule has 13 heavy (non-hydrogen) atoms. The fourth-order valence-electron chi connectivity index (χ4n) is 1.06. The van der Waals surface area contributed by atoms with Crippen LogP contribution in [-0.2, 0) is 0 Å². The lowest BCUT2D eigenvalue weighted by Crippen LogP contribution is -1.71. The Kier molecular flexibility index (Phi) is 10.5. The summed E-state index contributed by atoms with van der Waals surface area (Å²) in [6.45, 7) is 5.78. The summed E-state index contributed by atoms with van der Waals surface area (Å²) in [7, 11) is 0. The molecule has 0 aromatic rings. The van der Waals surface area contributed by atoms with Crippen molar-refractivity contribution < 1.29 is 0 Å². The van der Waals surface area contributed by atoms with Gasteiger partial charge in [-0.15, -0.1) is 0 Å². The molecule has 0 N–H and O–H groups in total. The van der Waals surface area contributed by atoms with Crippen LogP contribution in [0.3, 0.4) is 0 Å². The molecule has 73 valence electrons. The second kappa shape index (κ2) is 11.2. The minimum Gasteiger partial charge on any atom is -0.0888 e. The molecule has 0 aromatic carbocycles. The van der Waals surface area contributed by atoms with Gasteiger partial charge in [0.1, 0.15) is 0 Å². The van der Waals surface area contributed by atoms with E-state index in [4.69, 9.17) is 0 Å². The molecule has 0 aromatic heterocycles. The summed E-state index contributed by atoms with van der Waals surface area (Å²) in [5.41, 5.74) is 0. The van der Waals surface area contributed by atoms with Gasteiger partial charge < -0.3 is 0 Å². The zero-order valence-electron chi connectivity index (χ0n) is 8.71. The third-order valence-electron chi connectivity index (χ3n) is 1.78. The average molecular weight is 177 g/mol. The molecular formula is C13H21. The second-order valence-electron chi connectivity index (χ2n) is 3.02. The van der Waals surface area contributed by atoms with Crippen LogP contribution in [0.15, 0.2) is 36.5 Å². The summed E-state index contributed by atoms with van der Waals surface area (Å²) in [4.78, 5) is 0.